The molecular formula is C27H34N2O2. The minimum atomic E-state index is -0.223. The molecule has 2 heterocycles. The second-order valence-electron chi connectivity index (χ2n) is 9.37. The topological polar surface area (TPSA) is 41.6 Å². The summed E-state index contributed by atoms with van der Waals surface area (Å²) >= 11 is 0. The van der Waals surface area contributed by atoms with Gasteiger partial charge in [-0.1, -0.05) is 56.3 Å². The average Bonchev–Trinajstić information content (AvgIpc) is 2.97. The first kappa shape index (κ1) is 21.6. The van der Waals surface area contributed by atoms with Crippen LogP contribution in [0.5, 0.6) is 0 Å². The van der Waals surface area contributed by atoms with Crippen LogP contribution in [0.15, 0.2) is 54.6 Å². The Hall–Kier alpha value is -2.59. The lowest BCUT2D eigenvalue weighted by Gasteiger charge is -2.35. The van der Waals surface area contributed by atoms with Crippen molar-refractivity contribution in [3.8, 4) is 0 Å². The molecule has 31 heavy (non-hydrogen) atoms. The van der Waals surface area contributed by atoms with Gasteiger partial charge >= 0.3 is 5.97 Å². The number of carbonyl (C=O) groups excluding carboxylic acids is 1. The minimum absolute atomic E-state index is 0.00243. The Morgan fingerprint density at radius 3 is 2.48 bits per heavy atom. The zero-order valence-electron chi connectivity index (χ0n) is 18.9. The van der Waals surface area contributed by atoms with Crippen LogP contribution in [-0.4, -0.2) is 42.6 Å². The molecule has 0 spiro atoms. The highest BCUT2D eigenvalue weighted by Gasteiger charge is 2.40. The second-order valence-corrected chi connectivity index (χ2v) is 9.37. The maximum absolute atomic E-state index is 13.4. The van der Waals surface area contributed by atoms with Crippen molar-refractivity contribution >= 4 is 23.3 Å². The molecule has 3 atom stereocenters. The van der Waals surface area contributed by atoms with Crippen LogP contribution in [0.1, 0.15) is 50.7 Å². The van der Waals surface area contributed by atoms with E-state index in [1.807, 2.05) is 54.6 Å². The molecule has 2 aromatic carbocycles. The SMILES string of the molecule is CC(C)CNc1cccc(/C(=C\c2ccccc2)C(=O)OC2C[C@H]3CC[C@@H](C2)N3C)c1. The molecule has 2 aliphatic rings. The van der Waals surface area contributed by atoms with Gasteiger partial charge < -0.3 is 15.0 Å². The highest BCUT2D eigenvalue weighted by molar-refractivity contribution is 6.21. The maximum atomic E-state index is 13.4. The molecule has 4 nitrogen and oxygen atoms in total. The number of nitrogens with one attached hydrogen (secondary N) is 1. The molecule has 2 bridgehead atoms. The number of hydrogen-bond acceptors (Lipinski definition) is 4. The molecule has 2 saturated heterocycles. The van der Waals surface area contributed by atoms with Gasteiger partial charge in [0, 0.05) is 37.2 Å². The van der Waals surface area contributed by atoms with Crippen LogP contribution in [-0.2, 0) is 9.53 Å². The second kappa shape index (κ2) is 9.69. The Bertz CT molecular complexity index is 908. The Balaban J connectivity index is 1.57. The summed E-state index contributed by atoms with van der Waals surface area (Å²) in [5, 5.41) is 3.46. The number of hydrogen-bond donors (Lipinski definition) is 1. The summed E-state index contributed by atoms with van der Waals surface area (Å²) in [6.45, 7) is 5.26. The molecule has 0 aliphatic carbocycles. The average molecular weight is 419 g/mol. The predicted molar refractivity (Wildman–Crippen MR) is 128 cm³/mol. The Morgan fingerprint density at radius 1 is 1.10 bits per heavy atom. The highest BCUT2D eigenvalue weighted by Crippen LogP contribution is 2.36. The quantitative estimate of drug-likeness (QED) is 0.368. The van der Waals surface area contributed by atoms with E-state index in [0.29, 0.717) is 23.6 Å². The van der Waals surface area contributed by atoms with Gasteiger partial charge in [-0.05, 0) is 55.1 Å². The van der Waals surface area contributed by atoms with Crippen molar-refractivity contribution in [2.75, 3.05) is 18.9 Å². The highest BCUT2D eigenvalue weighted by atomic mass is 16.5. The minimum Gasteiger partial charge on any atom is -0.459 e. The number of ether oxygens (including phenoxy) is 1. The first-order valence-electron chi connectivity index (χ1n) is 11.5. The van der Waals surface area contributed by atoms with Crippen molar-refractivity contribution < 1.29 is 9.53 Å². The van der Waals surface area contributed by atoms with Gasteiger partial charge in [-0.25, -0.2) is 4.79 Å². The summed E-state index contributed by atoms with van der Waals surface area (Å²) in [5.41, 5.74) is 3.53. The van der Waals surface area contributed by atoms with E-state index in [1.54, 1.807) is 0 Å². The number of fused-ring (bicyclic) bond motifs is 2. The normalized spacial score (nSPS) is 23.7. The summed E-state index contributed by atoms with van der Waals surface area (Å²) in [4.78, 5) is 15.9. The third-order valence-electron chi connectivity index (χ3n) is 6.55. The lowest BCUT2D eigenvalue weighted by Crippen LogP contribution is -2.43. The van der Waals surface area contributed by atoms with E-state index in [9.17, 15) is 4.79 Å². The summed E-state index contributed by atoms with van der Waals surface area (Å²) in [6.07, 6.45) is 6.26. The zero-order chi connectivity index (χ0) is 21.8. The van der Waals surface area contributed by atoms with Crippen LogP contribution in [0, 0.1) is 5.92 Å². The number of rotatable bonds is 7. The van der Waals surface area contributed by atoms with Gasteiger partial charge in [0.1, 0.15) is 6.10 Å². The molecule has 0 radical (unpaired) electrons. The molecule has 2 aromatic rings. The molecule has 0 aromatic heterocycles. The molecule has 4 rings (SSSR count). The number of piperidine rings is 1. The number of carbonyl (C=O) groups is 1. The lowest BCUT2D eigenvalue weighted by molar-refractivity contribution is -0.144. The van der Waals surface area contributed by atoms with Gasteiger partial charge in [-0.3, -0.25) is 0 Å². The van der Waals surface area contributed by atoms with Crippen LogP contribution in [0.3, 0.4) is 0 Å². The summed E-state index contributed by atoms with van der Waals surface area (Å²) in [5.74, 6) is 0.326. The fourth-order valence-corrected chi connectivity index (χ4v) is 4.77. The van der Waals surface area contributed by atoms with Crippen molar-refractivity contribution in [3.05, 3.63) is 65.7 Å². The monoisotopic (exact) mass is 418 g/mol. The van der Waals surface area contributed by atoms with E-state index in [1.165, 1.54) is 12.8 Å². The lowest BCUT2D eigenvalue weighted by atomic mass is 9.99. The fourth-order valence-electron chi connectivity index (χ4n) is 4.77. The first-order chi connectivity index (χ1) is 15.0. The van der Waals surface area contributed by atoms with Gasteiger partial charge in [0.25, 0.3) is 0 Å². The van der Waals surface area contributed by atoms with Gasteiger partial charge in [0.05, 0.1) is 5.57 Å². The summed E-state index contributed by atoms with van der Waals surface area (Å²) in [6, 6.07) is 19.2. The van der Waals surface area contributed by atoms with Crippen molar-refractivity contribution in [3.63, 3.8) is 0 Å². The van der Waals surface area contributed by atoms with E-state index >= 15 is 0 Å². The zero-order valence-corrected chi connectivity index (χ0v) is 18.9. The van der Waals surface area contributed by atoms with E-state index in [4.69, 9.17) is 4.74 Å². The number of esters is 1. The van der Waals surface area contributed by atoms with Crippen LogP contribution >= 0.6 is 0 Å². The Kier molecular flexibility index (Phi) is 6.77. The van der Waals surface area contributed by atoms with Gasteiger partial charge in [0.2, 0.25) is 0 Å². The molecule has 1 N–H and O–H groups in total. The van der Waals surface area contributed by atoms with Crippen molar-refractivity contribution in [2.45, 2.75) is 57.7 Å². The summed E-state index contributed by atoms with van der Waals surface area (Å²) in [7, 11) is 2.21. The third kappa shape index (κ3) is 5.37. The number of anilines is 1. The standard InChI is InChI=1S/C27H34N2O2/c1-19(2)18-28-22-11-7-10-21(15-22)26(14-20-8-5-4-6-9-20)27(30)31-25-16-23-12-13-24(17-25)29(23)3/h4-11,14-15,19,23-25,28H,12-13,16-18H2,1-3H3/b26-14+/t23-,24+,25?. The van der Waals surface area contributed by atoms with E-state index in [0.717, 1.165) is 36.2 Å². The van der Waals surface area contributed by atoms with Gasteiger partial charge in [-0.15, -0.1) is 0 Å². The predicted octanol–water partition coefficient (Wildman–Crippen LogP) is 5.46. The van der Waals surface area contributed by atoms with Crippen LogP contribution in [0.4, 0.5) is 5.69 Å². The molecular weight excluding hydrogens is 384 g/mol. The number of nitrogens with zero attached hydrogens (tertiary/aromatic N) is 1. The van der Waals surface area contributed by atoms with Crippen molar-refractivity contribution in [1.29, 1.82) is 0 Å². The third-order valence-corrected chi connectivity index (χ3v) is 6.55. The Morgan fingerprint density at radius 2 is 1.81 bits per heavy atom. The van der Waals surface area contributed by atoms with Crippen molar-refractivity contribution in [2.24, 2.45) is 5.92 Å². The van der Waals surface area contributed by atoms with Crippen molar-refractivity contribution in [1.82, 2.24) is 4.90 Å². The molecule has 0 amide bonds. The van der Waals surface area contributed by atoms with E-state index in [2.05, 4.69) is 37.2 Å². The van der Waals surface area contributed by atoms with E-state index in [-0.39, 0.29) is 12.1 Å². The van der Waals surface area contributed by atoms with E-state index < -0.39 is 0 Å². The molecule has 164 valence electrons. The first-order valence-corrected chi connectivity index (χ1v) is 11.5. The Labute approximate surface area is 186 Å². The van der Waals surface area contributed by atoms with Crippen LogP contribution in [0.25, 0.3) is 11.6 Å². The summed E-state index contributed by atoms with van der Waals surface area (Å²) < 4.78 is 6.09. The maximum Gasteiger partial charge on any atom is 0.339 e. The largest absolute Gasteiger partial charge is 0.459 e. The molecule has 2 aliphatic heterocycles. The molecule has 1 unspecified atom stereocenters. The van der Waals surface area contributed by atoms with Crippen LogP contribution < -0.4 is 5.32 Å². The van der Waals surface area contributed by atoms with Crippen LogP contribution in [0.2, 0.25) is 0 Å². The van der Waals surface area contributed by atoms with Gasteiger partial charge in [-0.2, -0.15) is 0 Å². The molecule has 2 fully saturated rings. The van der Waals surface area contributed by atoms with Gasteiger partial charge in [0.15, 0.2) is 0 Å². The smallest absolute Gasteiger partial charge is 0.339 e. The number of benzene rings is 2. The molecule has 4 heteroatoms. The molecule has 0 saturated carbocycles. The fraction of sp³-hybridized carbons (Fsp3) is 0.444.